The quantitative estimate of drug-likeness (QED) is 0.647. The van der Waals surface area contributed by atoms with Crippen LogP contribution in [0.1, 0.15) is 32.5 Å². The van der Waals surface area contributed by atoms with Gasteiger partial charge in [-0.1, -0.05) is 18.5 Å². The minimum absolute atomic E-state index is 0.0339. The van der Waals surface area contributed by atoms with Gasteiger partial charge in [0.15, 0.2) is 5.82 Å². The first kappa shape index (κ1) is 13.6. The van der Waals surface area contributed by atoms with Crippen molar-refractivity contribution in [1.29, 1.82) is 0 Å². The molecule has 0 radical (unpaired) electrons. The molecule has 0 saturated carbocycles. The van der Waals surface area contributed by atoms with Gasteiger partial charge in [-0.2, -0.15) is 4.98 Å². The van der Waals surface area contributed by atoms with Crippen molar-refractivity contribution < 1.29 is 9.32 Å². The molecule has 1 amide bonds. The standard InChI is InChI=1S/C11H20N4O2/c1-3-4-6-13-11(16)9(2)12-7-5-10-14-8-17-15-10/h8-9,12H,3-7H2,1-2H3,(H,13,16). The van der Waals surface area contributed by atoms with Crippen molar-refractivity contribution in [3.63, 3.8) is 0 Å². The summed E-state index contributed by atoms with van der Waals surface area (Å²) in [6.45, 7) is 5.34. The number of hydrogen-bond donors (Lipinski definition) is 2. The van der Waals surface area contributed by atoms with Crippen LogP contribution < -0.4 is 10.6 Å². The predicted molar refractivity (Wildman–Crippen MR) is 63.4 cm³/mol. The van der Waals surface area contributed by atoms with Crippen LogP contribution in [0.25, 0.3) is 0 Å². The molecule has 1 atom stereocenters. The van der Waals surface area contributed by atoms with E-state index in [0.29, 0.717) is 18.8 Å². The van der Waals surface area contributed by atoms with E-state index in [4.69, 9.17) is 0 Å². The number of carbonyl (C=O) groups is 1. The Balaban J connectivity index is 2.11. The second-order valence-electron chi connectivity index (χ2n) is 3.92. The third-order valence-electron chi connectivity index (χ3n) is 2.43. The number of nitrogens with one attached hydrogen (secondary N) is 2. The second-order valence-corrected chi connectivity index (χ2v) is 3.92. The van der Waals surface area contributed by atoms with Gasteiger partial charge in [0.2, 0.25) is 12.3 Å². The van der Waals surface area contributed by atoms with Crippen LogP contribution >= 0.6 is 0 Å². The van der Waals surface area contributed by atoms with Gasteiger partial charge in [-0.05, 0) is 13.3 Å². The molecule has 1 unspecified atom stereocenters. The van der Waals surface area contributed by atoms with Gasteiger partial charge in [0, 0.05) is 19.5 Å². The molecule has 1 aromatic rings. The monoisotopic (exact) mass is 240 g/mol. The Morgan fingerprint density at radius 2 is 2.35 bits per heavy atom. The summed E-state index contributed by atoms with van der Waals surface area (Å²) < 4.78 is 4.62. The summed E-state index contributed by atoms with van der Waals surface area (Å²) in [7, 11) is 0. The number of nitrogens with zero attached hydrogens (tertiary/aromatic N) is 2. The van der Waals surface area contributed by atoms with Gasteiger partial charge in [-0.25, -0.2) is 0 Å². The Morgan fingerprint density at radius 1 is 1.53 bits per heavy atom. The number of hydrogen-bond acceptors (Lipinski definition) is 5. The van der Waals surface area contributed by atoms with Crippen LogP contribution in [0.5, 0.6) is 0 Å². The number of unbranched alkanes of at least 4 members (excludes halogenated alkanes) is 1. The molecule has 0 spiro atoms. The maximum absolute atomic E-state index is 11.6. The first-order chi connectivity index (χ1) is 8.24. The molecule has 1 heterocycles. The number of rotatable bonds is 8. The maximum Gasteiger partial charge on any atom is 0.236 e. The van der Waals surface area contributed by atoms with E-state index in [2.05, 4.69) is 32.2 Å². The van der Waals surface area contributed by atoms with Gasteiger partial charge in [-0.3, -0.25) is 4.79 Å². The fourth-order valence-corrected chi connectivity index (χ4v) is 1.34. The molecule has 0 aromatic carbocycles. The normalized spacial score (nSPS) is 12.4. The van der Waals surface area contributed by atoms with Gasteiger partial charge < -0.3 is 15.2 Å². The molecule has 1 rings (SSSR count). The van der Waals surface area contributed by atoms with Gasteiger partial charge >= 0.3 is 0 Å². The molecule has 0 aliphatic rings. The molecule has 2 N–H and O–H groups in total. The van der Waals surface area contributed by atoms with Crippen molar-refractivity contribution in [2.75, 3.05) is 13.1 Å². The van der Waals surface area contributed by atoms with E-state index in [1.54, 1.807) is 0 Å². The largest absolute Gasteiger partial charge is 0.355 e. The highest BCUT2D eigenvalue weighted by Crippen LogP contribution is 1.90. The predicted octanol–water partition coefficient (Wildman–Crippen LogP) is 0.506. The highest BCUT2D eigenvalue weighted by Gasteiger charge is 2.11. The first-order valence-corrected chi connectivity index (χ1v) is 6.00. The summed E-state index contributed by atoms with van der Waals surface area (Å²) in [6, 6.07) is -0.196. The molecular weight excluding hydrogens is 220 g/mol. The Kier molecular flexibility index (Phi) is 6.24. The van der Waals surface area contributed by atoms with E-state index in [1.165, 1.54) is 6.39 Å². The highest BCUT2D eigenvalue weighted by atomic mass is 16.5. The van der Waals surface area contributed by atoms with Crippen molar-refractivity contribution in [1.82, 2.24) is 20.8 Å². The van der Waals surface area contributed by atoms with E-state index in [0.717, 1.165) is 19.4 Å². The fraction of sp³-hybridized carbons (Fsp3) is 0.727. The van der Waals surface area contributed by atoms with E-state index in [9.17, 15) is 4.79 Å². The van der Waals surface area contributed by atoms with Crippen molar-refractivity contribution >= 4 is 5.91 Å². The van der Waals surface area contributed by atoms with Crippen LogP contribution in [-0.2, 0) is 11.2 Å². The smallest absolute Gasteiger partial charge is 0.236 e. The minimum Gasteiger partial charge on any atom is -0.355 e. The zero-order chi connectivity index (χ0) is 12.5. The molecule has 0 aliphatic carbocycles. The summed E-state index contributed by atoms with van der Waals surface area (Å²) in [5.74, 6) is 0.683. The summed E-state index contributed by atoms with van der Waals surface area (Å²) in [5, 5.41) is 9.68. The molecule has 0 aliphatic heterocycles. The summed E-state index contributed by atoms with van der Waals surface area (Å²) in [6.07, 6.45) is 4.06. The minimum atomic E-state index is -0.196. The van der Waals surface area contributed by atoms with Gasteiger partial charge in [-0.15, -0.1) is 0 Å². The number of aromatic nitrogens is 2. The zero-order valence-corrected chi connectivity index (χ0v) is 10.4. The molecule has 6 nitrogen and oxygen atoms in total. The fourth-order valence-electron chi connectivity index (χ4n) is 1.34. The lowest BCUT2D eigenvalue weighted by atomic mass is 10.2. The van der Waals surface area contributed by atoms with Crippen LogP contribution in [0.3, 0.4) is 0 Å². The molecule has 0 saturated heterocycles. The number of amides is 1. The third-order valence-corrected chi connectivity index (χ3v) is 2.43. The van der Waals surface area contributed by atoms with Crippen molar-refractivity contribution in [2.24, 2.45) is 0 Å². The Hall–Kier alpha value is -1.43. The number of carbonyl (C=O) groups excluding carboxylic acids is 1. The average molecular weight is 240 g/mol. The first-order valence-electron chi connectivity index (χ1n) is 6.00. The van der Waals surface area contributed by atoms with Crippen LogP contribution in [0.4, 0.5) is 0 Å². The SMILES string of the molecule is CCCCNC(=O)C(C)NCCc1ncon1. The molecule has 0 bridgehead atoms. The molecular formula is C11H20N4O2. The molecule has 17 heavy (non-hydrogen) atoms. The third kappa shape index (κ3) is 5.44. The zero-order valence-electron chi connectivity index (χ0n) is 10.4. The summed E-state index contributed by atoms with van der Waals surface area (Å²) >= 11 is 0. The molecule has 6 heteroatoms. The highest BCUT2D eigenvalue weighted by molar-refractivity contribution is 5.81. The molecule has 96 valence electrons. The Labute approximate surface area is 101 Å². The van der Waals surface area contributed by atoms with E-state index < -0.39 is 0 Å². The van der Waals surface area contributed by atoms with Gasteiger partial charge in [0.25, 0.3) is 0 Å². The van der Waals surface area contributed by atoms with Gasteiger partial charge in [0.1, 0.15) is 0 Å². The van der Waals surface area contributed by atoms with Crippen molar-refractivity contribution in [3.05, 3.63) is 12.2 Å². The van der Waals surface area contributed by atoms with E-state index in [-0.39, 0.29) is 11.9 Å². The molecule has 1 aromatic heterocycles. The van der Waals surface area contributed by atoms with Crippen molar-refractivity contribution in [2.45, 2.75) is 39.2 Å². The second kappa shape index (κ2) is 7.78. The van der Waals surface area contributed by atoms with Crippen LogP contribution in [-0.4, -0.2) is 35.2 Å². The van der Waals surface area contributed by atoms with Crippen LogP contribution in [0, 0.1) is 0 Å². The average Bonchev–Trinajstić information content (AvgIpc) is 2.82. The van der Waals surface area contributed by atoms with Crippen LogP contribution in [0.2, 0.25) is 0 Å². The van der Waals surface area contributed by atoms with E-state index in [1.807, 2.05) is 6.92 Å². The molecule has 0 fully saturated rings. The Bertz CT molecular complexity index is 313. The Morgan fingerprint density at radius 3 is 3.00 bits per heavy atom. The van der Waals surface area contributed by atoms with Crippen molar-refractivity contribution in [3.8, 4) is 0 Å². The van der Waals surface area contributed by atoms with Crippen LogP contribution in [0.15, 0.2) is 10.9 Å². The summed E-state index contributed by atoms with van der Waals surface area (Å²) in [5.41, 5.74) is 0. The van der Waals surface area contributed by atoms with E-state index >= 15 is 0 Å². The maximum atomic E-state index is 11.6. The van der Waals surface area contributed by atoms with Gasteiger partial charge in [0.05, 0.1) is 6.04 Å². The lowest BCUT2D eigenvalue weighted by Crippen LogP contribution is -2.43. The lowest BCUT2D eigenvalue weighted by molar-refractivity contribution is -0.122. The summed E-state index contributed by atoms with van der Waals surface area (Å²) in [4.78, 5) is 15.5. The lowest BCUT2D eigenvalue weighted by Gasteiger charge is -2.13. The topological polar surface area (TPSA) is 80.0 Å².